The van der Waals surface area contributed by atoms with Crippen LogP contribution in [0.5, 0.6) is 0 Å². The number of aromatic nitrogens is 1. The van der Waals surface area contributed by atoms with E-state index in [9.17, 15) is 10.1 Å². The number of pyridine rings is 1. The molecule has 1 aromatic heterocycles. The maximum atomic E-state index is 12.5. The van der Waals surface area contributed by atoms with Gasteiger partial charge in [-0.1, -0.05) is 29.8 Å². The number of aryl methyl sites for hydroxylation is 1. The number of carbonyl (C=O) groups excluding carboxylic acids is 1. The molecule has 6 heteroatoms. The number of hydrogen-bond acceptors (Lipinski definition) is 5. The number of amides is 1. The van der Waals surface area contributed by atoms with Gasteiger partial charge in [0.1, 0.15) is 11.9 Å². The normalized spacial score (nSPS) is 18.7. The lowest BCUT2D eigenvalue weighted by Gasteiger charge is -2.41. The van der Waals surface area contributed by atoms with Gasteiger partial charge in [-0.05, 0) is 38.3 Å². The molecule has 6 nitrogen and oxygen atoms in total. The van der Waals surface area contributed by atoms with E-state index in [2.05, 4.69) is 49.1 Å². The summed E-state index contributed by atoms with van der Waals surface area (Å²) in [5.41, 5.74) is 5.11. The molecule has 0 unspecified atom stereocenters. The zero-order valence-electron chi connectivity index (χ0n) is 18.6. The van der Waals surface area contributed by atoms with Crippen molar-refractivity contribution in [3.8, 4) is 17.2 Å². The molecule has 2 aromatic rings. The number of piperazine rings is 1. The van der Waals surface area contributed by atoms with Crippen LogP contribution >= 0.6 is 0 Å². The van der Waals surface area contributed by atoms with E-state index in [4.69, 9.17) is 9.72 Å². The van der Waals surface area contributed by atoms with E-state index in [1.54, 1.807) is 7.11 Å². The first-order chi connectivity index (χ1) is 15.0. The monoisotopic (exact) mass is 418 g/mol. The van der Waals surface area contributed by atoms with Crippen LogP contribution in [-0.4, -0.2) is 55.2 Å². The number of ether oxygens (including phenoxy) is 1. The van der Waals surface area contributed by atoms with Crippen LogP contribution in [0.25, 0.3) is 11.1 Å². The lowest BCUT2D eigenvalue weighted by atomic mass is 9.97. The largest absolute Gasteiger partial charge is 0.384 e. The van der Waals surface area contributed by atoms with Gasteiger partial charge < -0.3 is 14.5 Å². The summed E-state index contributed by atoms with van der Waals surface area (Å²) in [6.45, 7) is 6.58. The smallest absolute Gasteiger partial charge is 0.225 e. The van der Waals surface area contributed by atoms with Gasteiger partial charge in [-0.15, -0.1) is 0 Å². The molecule has 2 fully saturated rings. The summed E-state index contributed by atoms with van der Waals surface area (Å²) in [5.74, 6) is 1.35. The molecule has 1 amide bonds. The third-order valence-electron chi connectivity index (χ3n) is 6.21. The van der Waals surface area contributed by atoms with Crippen LogP contribution in [-0.2, 0) is 9.53 Å². The van der Waals surface area contributed by atoms with Crippen molar-refractivity contribution in [2.24, 2.45) is 0 Å². The number of anilines is 1. The van der Waals surface area contributed by atoms with Gasteiger partial charge in [0.15, 0.2) is 0 Å². The number of carbonyl (C=O) groups is 1. The van der Waals surface area contributed by atoms with E-state index in [-0.39, 0.29) is 11.9 Å². The highest BCUT2D eigenvalue weighted by Gasteiger charge is 2.33. The van der Waals surface area contributed by atoms with Gasteiger partial charge in [0, 0.05) is 44.3 Å². The fourth-order valence-electron chi connectivity index (χ4n) is 4.41. The Morgan fingerprint density at radius 1 is 1.29 bits per heavy atom. The fraction of sp³-hybridized carbons (Fsp3) is 0.480. The maximum Gasteiger partial charge on any atom is 0.225 e. The molecule has 1 atom stereocenters. The molecule has 31 heavy (non-hydrogen) atoms. The molecular formula is C25H30N4O2. The lowest BCUT2D eigenvalue weighted by Crippen LogP contribution is -2.54. The van der Waals surface area contributed by atoms with Crippen LogP contribution in [0, 0.1) is 18.3 Å². The van der Waals surface area contributed by atoms with Gasteiger partial charge in [0.2, 0.25) is 5.91 Å². The Balaban J connectivity index is 1.63. The molecule has 1 saturated heterocycles. The zero-order chi connectivity index (χ0) is 22.0. The number of hydrogen-bond donors (Lipinski definition) is 0. The molecule has 1 saturated carbocycles. The number of rotatable bonds is 6. The van der Waals surface area contributed by atoms with E-state index < -0.39 is 0 Å². The van der Waals surface area contributed by atoms with Gasteiger partial charge in [0.05, 0.1) is 24.3 Å². The third-order valence-corrected chi connectivity index (χ3v) is 6.21. The Bertz CT molecular complexity index is 1010. The quantitative estimate of drug-likeness (QED) is 0.712. The van der Waals surface area contributed by atoms with Crippen molar-refractivity contribution < 1.29 is 9.53 Å². The molecule has 0 spiro atoms. The fourth-order valence-corrected chi connectivity index (χ4v) is 4.41. The number of methoxy groups -OCH3 is 1. The van der Waals surface area contributed by atoms with Gasteiger partial charge in [-0.25, -0.2) is 4.98 Å². The first-order valence-electron chi connectivity index (χ1n) is 11.1. The summed E-state index contributed by atoms with van der Waals surface area (Å²) in [6, 6.07) is 12.9. The summed E-state index contributed by atoms with van der Waals surface area (Å²) >= 11 is 0. The molecule has 0 N–H and O–H groups in total. The minimum absolute atomic E-state index is 0.0623. The first-order valence-corrected chi connectivity index (χ1v) is 11.1. The van der Waals surface area contributed by atoms with Gasteiger partial charge in [-0.2, -0.15) is 5.26 Å². The summed E-state index contributed by atoms with van der Waals surface area (Å²) < 4.78 is 5.05. The minimum Gasteiger partial charge on any atom is -0.384 e. The number of benzene rings is 1. The van der Waals surface area contributed by atoms with E-state index in [1.807, 2.05) is 11.0 Å². The molecule has 1 aliphatic carbocycles. The standard InChI is InChI=1S/C25H30N4O2/c1-17-5-4-6-20(13-17)22-14-21(15-26)25(27-24(22)19-7-8-19)28-10-11-29(18(2)16-28)23(30)9-12-31-3/h4-6,13-14,18-19H,7-12,16H2,1-3H3/t18-/m1/s1. The highest BCUT2D eigenvalue weighted by molar-refractivity contribution is 5.77. The van der Waals surface area contributed by atoms with E-state index in [0.717, 1.165) is 35.5 Å². The van der Waals surface area contributed by atoms with Crippen LogP contribution in [0.4, 0.5) is 5.82 Å². The second-order valence-electron chi connectivity index (χ2n) is 8.67. The SMILES string of the molecule is COCCC(=O)N1CCN(c2nc(C3CC3)c(-c3cccc(C)c3)cc2C#N)C[C@H]1C. The van der Waals surface area contributed by atoms with Gasteiger partial charge in [-0.3, -0.25) is 4.79 Å². The molecular weight excluding hydrogens is 388 g/mol. The Labute approximate surface area is 184 Å². The van der Waals surface area contributed by atoms with Crippen molar-refractivity contribution >= 4 is 11.7 Å². The maximum absolute atomic E-state index is 12.5. The molecule has 0 bridgehead atoms. The molecule has 2 aliphatic rings. The Hall–Kier alpha value is -2.91. The van der Waals surface area contributed by atoms with Crippen LogP contribution in [0.3, 0.4) is 0 Å². The van der Waals surface area contributed by atoms with Crippen LogP contribution in [0.2, 0.25) is 0 Å². The topological polar surface area (TPSA) is 69.5 Å². The number of nitriles is 1. The highest BCUT2D eigenvalue weighted by Crippen LogP contribution is 2.45. The first kappa shape index (κ1) is 21.3. The Morgan fingerprint density at radius 2 is 2.10 bits per heavy atom. The average Bonchev–Trinajstić information content (AvgIpc) is 3.62. The average molecular weight is 419 g/mol. The molecule has 162 valence electrons. The van der Waals surface area contributed by atoms with Crippen LogP contribution in [0.1, 0.15) is 48.9 Å². The summed E-state index contributed by atoms with van der Waals surface area (Å²) in [5, 5.41) is 9.93. The minimum atomic E-state index is 0.0623. The van der Waals surface area contributed by atoms with Crippen LogP contribution < -0.4 is 4.90 Å². The Morgan fingerprint density at radius 3 is 2.74 bits per heavy atom. The third kappa shape index (κ3) is 4.57. The van der Waals surface area contributed by atoms with Crippen molar-refractivity contribution in [2.75, 3.05) is 38.3 Å². The van der Waals surface area contributed by atoms with E-state index in [1.165, 1.54) is 5.56 Å². The van der Waals surface area contributed by atoms with E-state index >= 15 is 0 Å². The van der Waals surface area contributed by atoms with Crippen molar-refractivity contribution in [1.82, 2.24) is 9.88 Å². The summed E-state index contributed by atoms with van der Waals surface area (Å²) in [6.07, 6.45) is 2.70. The van der Waals surface area contributed by atoms with Crippen molar-refractivity contribution in [3.63, 3.8) is 0 Å². The molecule has 1 aromatic carbocycles. The van der Waals surface area contributed by atoms with Gasteiger partial charge in [0.25, 0.3) is 0 Å². The predicted molar refractivity (Wildman–Crippen MR) is 121 cm³/mol. The summed E-state index contributed by atoms with van der Waals surface area (Å²) in [4.78, 5) is 21.6. The van der Waals surface area contributed by atoms with Crippen LogP contribution in [0.15, 0.2) is 30.3 Å². The van der Waals surface area contributed by atoms with Crippen molar-refractivity contribution in [1.29, 1.82) is 5.26 Å². The molecule has 1 aliphatic heterocycles. The van der Waals surface area contributed by atoms with E-state index in [0.29, 0.717) is 44.1 Å². The Kier molecular flexibility index (Phi) is 6.24. The second kappa shape index (κ2) is 9.07. The molecule has 2 heterocycles. The second-order valence-corrected chi connectivity index (χ2v) is 8.67. The van der Waals surface area contributed by atoms with Gasteiger partial charge >= 0.3 is 0 Å². The molecule has 0 radical (unpaired) electrons. The van der Waals surface area contributed by atoms with Crippen molar-refractivity contribution in [3.05, 3.63) is 47.2 Å². The predicted octanol–water partition coefficient (Wildman–Crippen LogP) is 3.88. The highest BCUT2D eigenvalue weighted by atomic mass is 16.5. The lowest BCUT2D eigenvalue weighted by molar-refractivity contribution is -0.134. The zero-order valence-corrected chi connectivity index (χ0v) is 18.6. The molecule has 4 rings (SSSR count). The number of nitrogens with zero attached hydrogens (tertiary/aromatic N) is 4. The van der Waals surface area contributed by atoms with Crippen molar-refractivity contribution in [2.45, 2.75) is 45.1 Å². The summed E-state index contributed by atoms with van der Waals surface area (Å²) in [7, 11) is 1.61.